The van der Waals surface area contributed by atoms with Gasteiger partial charge in [-0.2, -0.15) is 4.37 Å². The minimum absolute atomic E-state index is 0.111. The van der Waals surface area contributed by atoms with E-state index in [2.05, 4.69) is 86.9 Å². The minimum Gasteiger partial charge on any atom is -0.249 e. The highest BCUT2D eigenvalue weighted by molar-refractivity contribution is 7.09. The average molecular weight is 426 g/mol. The predicted molar refractivity (Wildman–Crippen MR) is 118 cm³/mol. The first-order valence-corrected chi connectivity index (χ1v) is 11.3. The molecule has 150 valence electrons. The molecule has 0 aliphatic heterocycles. The fourth-order valence-corrected chi connectivity index (χ4v) is 3.58. The Kier molecular flexibility index (Phi) is 8.63. The quantitative estimate of drug-likeness (QED) is 0.434. The lowest BCUT2D eigenvalue weighted by Crippen LogP contribution is -2.12. The second kappa shape index (κ2) is 9.80. The molecule has 0 radical (unpaired) electrons. The van der Waals surface area contributed by atoms with Gasteiger partial charge in [0.2, 0.25) is 0 Å². The lowest BCUT2D eigenvalue weighted by molar-refractivity contribution is 0.555. The van der Waals surface area contributed by atoms with E-state index in [0.29, 0.717) is 0 Å². The van der Waals surface area contributed by atoms with Crippen molar-refractivity contribution in [3.63, 3.8) is 0 Å². The molecular weight excluding hydrogens is 394 g/mol. The molecule has 0 amide bonds. The van der Waals surface area contributed by atoms with Crippen LogP contribution in [-0.2, 0) is 16.2 Å². The monoisotopic (exact) mass is 425 g/mol. The summed E-state index contributed by atoms with van der Waals surface area (Å²) < 4.78 is 4.12. The minimum atomic E-state index is 0.111. The van der Waals surface area contributed by atoms with E-state index in [0.717, 1.165) is 10.8 Å². The first kappa shape index (κ1) is 23.8. The maximum absolute atomic E-state index is 4.21. The zero-order valence-electron chi connectivity index (χ0n) is 17.8. The summed E-state index contributed by atoms with van der Waals surface area (Å²) in [7, 11) is 0. The summed E-state index contributed by atoms with van der Waals surface area (Å²) in [5.74, 6) is 0.938. The number of aromatic nitrogens is 5. The number of hydrogen-bond donors (Lipinski definition) is 0. The van der Waals surface area contributed by atoms with Gasteiger partial charge >= 0.3 is 0 Å². The first-order chi connectivity index (χ1) is 12.3. The molecule has 0 bridgehead atoms. The second-order valence-corrected chi connectivity index (χ2v) is 11.4. The van der Waals surface area contributed by atoms with Crippen molar-refractivity contribution in [1.82, 2.24) is 24.5 Å². The molecule has 0 fully saturated rings. The Morgan fingerprint density at radius 1 is 0.704 bits per heavy atom. The maximum Gasteiger partial charge on any atom is 0.147 e. The smallest absolute Gasteiger partial charge is 0.147 e. The molecule has 0 saturated heterocycles. The molecule has 3 aromatic heterocycles. The van der Waals surface area contributed by atoms with Crippen LogP contribution >= 0.6 is 34.2 Å². The SMILES string of the molecule is CC(C)(C)c1nccs1.CC(C)(C)c1ncsn1.CC(C)(C)c1nncs1. The van der Waals surface area contributed by atoms with Gasteiger partial charge in [-0.1, -0.05) is 62.3 Å². The Bertz CT molecular complexity index is 624. The Morgan fingerprint density at radius 2 is 1.33 bits per heavy atom. The van der Waals surface area contributed by atoms with Crippen molar-refractivity contribution < 1.29 is 0 Å². The second-order valence-electron chi connectivity index (χ2n) is 9.09. The highest BCUT2D eigenvalue weighted by Gasteiger charge is 2.17. The Labute approximate surface area is 175 Å². The van der Waals surface area contributed by atoms with Crippen molar-refractivity contribution >= 4 is 34.2 Å². The molecule has 3 aromatic rings. The summed E-state index contributed by atoms with van der Waals surface area (Å²) in [6, 6.07) is 0. The third-order valence-corrected chi connectivity index (χ3v) is 5.90. The van der Waals surface area contributed by atoms with E-state index in [4.69, 9.17) is 0 Å². The lowest BCUT2D eigenvalue weighted by atomic mass is 9.96. The van der Waals surface area contributed by atoms with Crippen molar-refractivity contribution in [1.29, 1.82) is 0 Å². The molecule has 0 aromatic carbocycles. The summed E-state index contributed by atoms with van der Waals surface area (Å²) in [6.07, 6.45) is 1.85. The Morgan fingerprint density at radius 3 is 1.56 bits per heavy atom. The number of rotatable bonds is 0. The summed E-state index contributed by atoms with van der Waals surface area (Å²) in [6.45, 7) is 19.2. The third-order valence-electron chi connectivity index (χ3n) is 3.11. The van der Waals surface area contributed by atoms with E-state index >= 15 is 0 Å². The van der Waals surface area contributed by atoms with Gasteiger partial charge in [0.1, 0.15) is 21.9 Å². The van der Waals surface area contributed by atoms with Crippen LogP contribution in [0.4, 0.5) is 0 Å². The van der Waals surface area contributed by atoms with Gasteiger partial charge in [-0.05, 0) is 11.5 Å². The van der Waals surface area contributed by atoms with Crippen LogP contribution in [0.25, 0.3) is 0 Å². The molecule has 0 aliphatic rings. The van der Waals surface area contributed by atoms with Crippen LogP contribution in [0.3, 0.4) is 0 Å². The number of thiazole rings is 1. The standard InChI is InChI=1S/C7H11NS.2C6H10N2S/c1-7(2,3)6-8-4-5-9-6;1-6(2,3)5-8-7-4-9-5;1-6(2,3)5-7-4-9-8-5/h4-5H,1-3H3;2*4H,1-3H3. The first-order valence-electron chi connectivity index (χ1n) is 8.75. The van der Waals surface area contributed by atoms with Gasteiger partial charge in [0.05, 0.1) is 5.01 Å². The zero-order chi connectivity index (χ0) is 20.7. The number of nitrogens with zero attached hydrogens (tertiary/aromatic N) is 5. The summed E-state index contributed by atoms with van der Waals surface area (Å²) >= 11 is 4.73. The van der Waals surface area contributed by atoms with E-state index < -0.39 is 0 Å². The predicted octanol–water partition coefficient (Wildman–Crippen LogP) is 6.11. The Hall–Kier alpha value is -1.25. The van der Waals surface area contributed by atoms with E-state index in [1.54, 1.807) is 33.7 Å². The summed E-state index contributed by atoms with van der Waals surface area (Å²) in [5, 5.41) is 12.0. The molecule has 0 spiro atoms. The van der Waals surface area contributed by atoms with Crippen LogP contribution in [0, 0.1) is 0 Å². The largest absolute Gasteiger partial charge is 0.249 e. The summed E-state index contributed by atoms with van der Waals surface area (Å²) in [5.41, 5.74) is 4.04. The molecule has 0 N–H and O–H groups in total. The van der Waals surface area contributed by atoms with Gasteiger partial charge in [0.15, 0.2) is 0 Å². The summed E-state index contributed by atoms with van der Waals surface area (Å²) in [4.78, 5) is 8.30. The van der Waals surface area contributed by atoms with Crippen molar-refractivity contribution in [2.75, 3.05) is 0 Å². The highest BCUT2D eigenvalue weighted by atomic mass is 32.1. The Balaban J connectivity index is 0.000000202. The van der Waals surface area contributed by atoms with Gasteiger partial charge in [-0.3, -0.25) is 0 Å². The lowest BCUT2D eigenvalue weighted by Gasteiger charge is -2.12. The molecule has 27 heavy (non-hydrogen) atoms. The van der Waals surface area contributed by atoms with Gasteiger partial charge in [-0.15, -0.1) is 32.9 Å². The van der Waals surface area contributed by atoms with Crippen LogP contribution in [0.1, 0.15) is 78.2 Å². The molecule has 3 rings (SSSR count). The molecule has 0 saturated carbocycles. The van der Waals surface area contributed by atoms with Crippen LogP contribution < -0.4 is 0 Å². The third kappa shape index (κ3) is 8.99. The van der Waals surface area contributed by atoms with Crippen LogP contribution in [0.2, 0.25) is 0 Å². The van der Waals surface area contributed by atoms with Gasteiger partial charge in [0, 0.05) is 27.8 Å². The van der Waals surface area contributed by atoms with Gasteiger partial charge in [-0.25, -0.2) is 9.97 Å². The normalized spacial score (nSPS) is 11.9. The number of hydrogen-bond acceptors (Lipinski definition) is 8. The van der Waals surface area contributed by atoms with Gasteiger partial charge in [0.25, 0.3) is 0 Å². The topological polar surface area (TPSA) is 64.5 Å². The molecule has 8 heteroatoms. The average Bonchev–Trinajstić information content (AvgIpc) is 3.28. The van der Waals surface area contributed by atoms with Crippen molar-refractivity contribution in [3.8, 4) is 0 Å². The van der Waals surface area contributed by atoms with E-state index in [1.807, 2.05) is 11.6 Å². The molecule has 0 aliphatic carbocycles. The molecule has 0 atom stereocenters. The molecule has 5 nitrogen and oxygen atoms in total. The maximum atomic E-state index is 4.21. The van der Waals surface area contributed by atoms with E-state index in [-0.39, 0.29) is 16.2 Å². The van der Waals surface area contributed by atoms with E-state index in [9.17, 15) is 0 Å². The van der Waals surface area contributed by atoms with Crippen molar-refractivity contribution in [3.05, 3.63) is 38.4 Å². The van der Waals surface area contributed by atoms with Gasteiger partial charge < -0.3 is 0 Å². The van der Waals surface area contributed by atoms with Crippen molar-refractivity contribution in [2.24, 2.45) is 0 Å². The fourth-order valence-electron chi connectivity index (χ4n) is 1.59. The van der Waals surface area contributed by atoms with Crippen LogP contribution in [-0.4, -0.2) is 24.5 Å². The van der Waals surface area contributed by atoms with Crippen LogP contribution in [0.5, 0.6) is 0 Å². The molecule has 3 heterocycles. The molecule has 0 unspecified atom stereocenters. The van der Waals surface area contributed by atoms with Crippen LogP contribution in [0.15, 0.2) is 22.6 Å². The highest BCUT2D eigenvalue weighted by Crippen LogP contribution is 2.23. The van der Waals surface area contributed by atoms with Crippen molar-refractivity contribution in [2.45, 2.75) is 78.6 Å². The van der Waals surface area contributed by atoms with E-state index in [1.165, 1.54) is 16.5 Å². The zero-order valence-corrected chi connectivity index (χ0v) is 20.2. The molecular formula is C19H31N5S3. The fraction of sp³-hybridized carbons (Fsp3) is 0.632.